The quantitative estimate of drug-likeness (QED) is 0.394. The van der Waals surface area contributed by atoms with Crippen molar-refractivity contribution in [1.29, 1.82) is 0 Å². The van der Waals surface area contributed by atoms with E-state index < -0.39 is 0 Å². The number of rotatable bonds is 1. The normalized spacial score (nSPS) is 15.2. The fourth-order valence-corrected chi connectivity index (χ4v) is 4.50. The summed E-state index contributed by atoms with van der Waals surface area (Å²) in [6, 6.07) is 17.4. The summed E-state index contributed by atoms with van der Waals surface area (Å²) in [5, 5.41) is 0. The van der Waals surface area contributed by atoms with Gasteiger partial charge < -0.3 is 9.47 Å². The summed E-state index contributed by atoms with van der Waals surface area (Å²) in [5.74, 6) is 1.47. The Morgan fingerprint density at radius 1 is 1.08 bits per heavy atom. The SMILES string of the molecule is CC(C)c1cc2c3[n+](c1)Cc1cccc(c1-3)N1B2Oc2ccccc21. The molecule has 0 spiro atoms. The van der Waals surface area contributed by atoms with Crippen molar-refractivity contribution in [2.24, 2.45) is 0 Å². The van der Waals surface area contributed by atoms with Crippen molar-refractivity contribution in [2.45, 2.75) is 26.3 Å². The van der Waals surface area contributed by atoms with E-state index in [4.69, 9.17) is 4.65 Å². The first kappa shape index (κ1) is 13.5. The lowest BCUT2D eigenvalue weighted by atomic mass is 9.65. The van der Waals surface area contributed by atoms with E-state index in [2.05, 4.69) is 71.9 Å². The van der Waals surface area contributed by atoms with E-state index in [1.54, 1.807) is 0 Å². The van der Waals surface area contributed by atoms with Crippen molar-refractivity contribution in [1.82, 2.24) is 0 Å². The van der Waals surface area contributed by atoms with Crippen LogP contribution in [0.2, 0.25) is 0 Å². The fourth-order valence-electron chi connectivity index (χ4n) is 4.50. The van der Waals surface area contributed by atoms with Crippen LogP contribution in [0.5, 0.6) is 5.75 Å². The van der Waals surface area contributed by atoms with Crippen LogP contribution in [-0.4, -0.2) is 7.05 Å². The standard InChI is InChI=1S/C21H18BN2O/c1-13(2)15-10-16-21-20-14(11-23(21)12-15)6-5-8-18(20)24-17-7-3-4-9-19(17)25-22(16)24/h3-10,12-13H,11H2,1-2H3/q+1. The second-order valence-corrected chi connectivity index (χ2v) is 7.48. The number of benzene rings is 2. The second kappa shape index (κ2) is 4.45. The number of hydrogen-bond donors (Lipinski definition) is 0. The highest BCUT2D eigenvalue weighted by molar-refractivity contribution is 6.76. The van der Waals surface area contributed by atoms with E-state index >= 15 is 0 Å². The largest absolute Gasteiger partial charge is 0.536 e. The molecule has 1 aromatic heterocycles. The van der Waals surface area contributed by atoms with Gasteiger partial charge in [0, 0.05) is 16.8 Å². The highest BCUT2D eigenvalue weighted by atomic mass is 16.5. The van der Waals surface area contributed by atoms with Crippen LogP contribution in [0.1, 0.15) is 30.9 Å². The van der Waals surface area contributed by atoms with Gasteiger partial charge in [-0.25, -0.2) is 0 Å². The minimum absolute atomic E-state index is 0.0711. The van der Waals surface area contributed by atoms with Crippen LogP contribution >= 0.6 is 0 Å². The van der Waals surface area contributed by atoms with Gasteiger partial charge in [0.2, 0.25) is 5.69 Å². The Morgan fingerprint density at radius 2 is 1.92 bits per heavy atom. The Kier molecular flexibility index (Phi) is 2.41. The van der Waals surface area contributed by atoms with Crippen LogP contribution < -0.4 is 19.5 Å². The summed E-state index contributed by atoms with van der Waals surface area (Å²) in [4.78, 5) is 2.37. The maximum absolute atomic E-state index is 6.42. The van der Waals surface area contributed by atoms with Crippen LogP contribution in [0.25, 0.3) is 11.3 Å². The van der Waals surface area contributed by atoms with Crippen LogP contribution in [0, 0.1) is 0 Å². The van der Waals surface area contributed by atoms with Gasteiger partial charge in [0.1, 0.15) is 5.75 Å². The average Bonchev–Trinajstić information content (AvgIpc) is 3.19. The number of aromatic nitrogens is 1. The van der Waals surface area contributed by atoms with E-state index in [1.165, 1.54) is 39.2 Å². The van der Waals surface area contributed by atoms with Crippen molar-refractivity contribution >= 4 is 23.9 Å². The van der Waals surface area contributed by atoms with Crippen molar-refractivity contribution < 1.29 is 9.22 Å². The van der Waals surface area contributed by atoms with Crippen LogP contribution in [0.3, 0.4) is 0 Å². The Morgan fingerprint density at radius 3 is 2.80 bits per heavy atom. The van der Waals surface area contributed by atoms with E-state index in [9.17, 15) is 0 Å². The first-order chi connectivity index (χ1) is 12.2. The molecule has 0 atom stereocenters. The fraction of sp³-hybridized carbons (Fsp3) is 0.190. The Balaban J connectivity index is 1.71. The van der Waals surface area contributed by atoms with Gasteiger partial charge in [0.25, 0.3) is 0 Å². The Labute approximate surface area is 147 Å². The number of anilines is 2. The molecule has 3 nitrogen and oxygen atoms in total. The molecule has 3 aliphatic rings. The van der Waals surface area contributed by atoms with Crippen molar-refractivity contribution in [3.8, 4) is 17.0 Å². The lowest BCUT2D eigenvalue weighted by Gasteiger charge is -2.28. The van der Waals surface area contributed by atoms with Gasteiger partial charge >= 0.3 is 7.05 Å². The monoisotopic (exact) mass is 325 g/mol. The smallest absolute Gasteiger partial charge is 0.531 e. The molecule has 0 fully saturated rings. The lowest BCUT2D eigenvalue weighted by Crippen LogP contribution is -2.54. The third-order valence-electron chi connectivity index (χ3n) is 5.68. The summed E-state index contributed by atoms with van der Waals surface area (Å²) < 4.78 is 8.84. The molecule has 0 radical (unpaired) electrons. The highest BCUT2D eigenvalue weighted by Gasteiger charge is 2.51. The molecule has 0 unspecified atom stereocenters. The average molecular weight is 325 g/mol. The highest BCUT2D eigenvalue weighted by Crippen LogP contribution is 2.48. The van der Waals surface area contributed by atoms with Crippen LogP contribution in [0.4, 0.5) is 11.4 Å². The molecule has 120 valence electrons. The predicted molar refractivity (Wildman–Crippen MR) is 99.9 cm³/mol. The number of fused-ring (bicyclic) bond motifs is 5. The van der Waals surface area contributed by atoms with E-state index in [0.717, 1.165) is 12.3 Å². The minimum Gasteiger partial charge on any atom is -0.536 e. The number of hydrogen-bond acceptors (Lipinski definition) is 2. The lowest BCUT2D eigenvalue weighted by molar-refractivity contribution is -0.671. The van der Waals surface area contributed by atoms with Gasteiger partial charge in [-0.1, -0.05) is 38.1 Å². The number of para-hydroxylation sites is 2. The molecule has 2 aromatic carbocycles. The maximum Gasteiger partial charge on any atom is 0.531 e. The molecule has 4 heteroatoms. The molecule has 0 N–H and O–H groups in total. The number of nitrogens with zero attached hydrogens (tertiary/aromatic N) is 2. The van der Waals surface area contributed by atoms with E-state index in [-0.39, 0.29) is 7.05 Å². The maximum atomic E-state index is 6.42. The summed E-state index contributed by atoms with van der Waals surface area (Å²) in [7, 11) is -0.0711. The van der Waals surface area contributed by atoms with Gasteiger partial charge in [-0.2, -0.15) is 4.57 Å². The molecular formula is C21H18BN2O+. The van der Waals surface area contributed by atoms with Crippen molar-refractivity contribution in [3.63, 3.8) is 0 Å². The van der Waals surface area contributed by atoms with Gasteiger partial charge in [-0.15, -0.1) is 0 Å². The zero-order valence-electron chi connectivity index (χ0n) is 14.4. The Bertz CT molecular complexity index is 1060. The molecule has 0 bridgehead atoms. The molecule has 6 rings (SSSR count). The van der Waals surface area contributed by atoms with E-state index in [0.29, 0.717) is 5.92 Å². The van der Waals surface area contributed by atoms with E-state index in [1.807, 2.05) is 6.07 Å². The van der Waals surface area contributed by atoms with Gasteiger partial charge in [0.05, 0.1) is 16.7 Å². The molecule has 4 heterocycles. The first-order valence-electron chi connectivity index (χ1n) is 8.97. The summed E-state index contributed by atoms with van der Waals surface area (Å²) in [6.45, 7) is 5.47. The molecule has 0 aliphatic carbocycles. The minimum atomic E-state index is -0.0711. The summed E-state index contributed by atoms with van der Waals surface area (Å²) in [6.07, 6.45) is 2.32. The first-order valence-corrected chi connectivity index (χ1v) is 8.97. The molecule has 25 heavy (non-hydrogen) atoms. The van der Waals surface area contributed by atoms with Crippen LogP contribution in [-0.2, 0) is 6.54 Å². The second-order valence-electron chi connectivity index (χ2n) is 7.48. The van der Waals surface area contributed by atoms with Crippen LogP contribution in [0.15, 0.2) is 54.7 Å². The van der Waals surface area contributed by atoms with Gasteiger partial charge in [0.15, 0.2) is 12.7 Å². The van der Waals surface area contributed by atoms with Crippen molar-refractivity contribution in [3.05, 3.63) is 65.9 Å². The van der Waals surface area contributed by atoms with Gasteiger partial charge in [-0.3, -0.25) is 0 Å². The number of pyridine rings is 1. The molecular weight excluding hydrogens is 307 g/mol. The molecule has 0 saturated heterocycles. The van der Waals surface area contributed by atoms with Crippen molar-refractivity contribution in [2.75, 3.05) is 4.81 Å². The molecule has 3 aromatic rings. The summed E-state index contributed by atoms with van der Waals surface area (Å²) >= 11 is 0. The third-order valence-corrected chi connectivity index (χ3v) is 5.68. The topological polar surface area (TPSA) is 16.4 Å². The molecule has 3 aliphatic heterocycles. The molecule has 0 saturated carbocycles. The molecule has 0 amide bonds. The predicted octanol–water partition coefficient (Wildman–Crippen LogP) is 3.37. The zero-order valence-corrected chi connectivity index (χ0v) is 14.4. The summed E-state index contributed by atoms with van der Waals surface area (Å²) in [5.41, 5.74) is 9.22. The third kappa shape index (κ3) is 1.60. The zero-order chi connectivity index (χ0) is 16.7. The Hall–Kier alpha value is -2.75. The van der Waals surface area contributed by atoms with Gasteiger partial charge in [-0.05, 0) is 30.2 Å².